The van der Waals surface area contributed by atoms with Gasteiger partial charge in [-0.2, -0.15) is 0 Å². The highest BCUT2D eigenvalue weighted by atomic mass is 16.6. The van der Waals surface area contributed by atoms with Crippen LogP contribution in [0.1, 0.15) is 68.7 Å². The van der Waals surface area contributed by atoms with Crippen molar-refractivity contribution in [1.29, 1.82) is 0 Å². The van der Waals surface area contributed by atoms with E-state index < -0.39 is 53.3 Å². The van der Waals surface area contributed by atoms with E-state index in [1.165, 1.54) is 14.7 Å². The third-order valence-corrected chi connectivity index (χ3v) is 4.96. The van der Waals surface area contributed by atoms with Crippen LogP contribution < -0.4 is 10.6 Å². The van der Waals surface area contributed by atoms with Crippen LogP contribution in [0, 0.1) is 0 Å². The fourth-order valence-electron chi connectivity index (χ4n) is 3.28. The average molecular weight is 558 g/mol. The van der Waals surface area contributed by atoms with E-state index in [1.54, 1.807) is 62.3 Å². The summed E-state index contributed by atoms with van der Waals surface area (Å²) in [7, 11) is 0. The predicted molar refractivity (Wildman–Crippen MR) is 144 cm³/mol. The molecule has 0 aliphatic carbocycles. The van der Waals surface area contributed by atoms with E-state index in [-0.39, 0.29) is 52.4 Å². The number of nitrogens with zero attached hydrogens (tertiary/aromatic N) is 3. The third-order valence-electron chi connectivity index (χ3n) is 4.96. The van der Waals surface area contributed by atoms with E-state index in [0.717, 1.165) is 0 Å². The maximum atomic E-state index is 13.1. The minimum absolute atomic E-state index is 0.0803. The lowest BCUT2D eigenvalue weighted by Crippen LogP contribution is -2.50. The van der Waals surface area contributed by atoms with Gasteiger partial charge in [-0.05, 0) is 62.3 Å². The zero-order valence-electron chi connectivity index (χ0n) is 25.0. The molecule has 0 bridgehead atoms. The zero-order chi connectivity index (χ0) is 30.0. The molecule has 13 nitrogen and oxygen atoms in total. The highest BCUT2D eigenvalue weighted by Crippen LogP contribution is 2.14. The van der Waals surface area contributed by atoms with Gasteiger partial charge in [-0.3, -0.25) is 9.59 Å². The standard InChI is InChI=1S/C26H47N5O8/c1-24(2,3)37-21(34)29-12-10-27-19(32)18-20(33)28-11-13-30(22(35)38-25(4,5)6)15-17-31(16-14-29)23(36)39-26(7,8)9/h10-18H2,1-9H3,(H,27,32)(H,28,33). The largest absolute Gasteiger partial charge is 0.444 e. The van der Waals surface area contributed by atoms with Crippen molar-refractivity contribution in [3.8, 4) is 0 Å². The molecule has 39 heavy (non-hydrogen) atoms. The summed E-state index contributed by atoms with van der Waals surface area (Å²) >= 11 is 0. The maximum Gasteiger partial charge on any atom is 0.410 e. The Morgan fingerprint density at radius 2 is 0.795 bits per heavy atom. The van der Waals surface area contributed by atoms with Crippen molar-refractivity contribution in [2.75, 3.05) is 52.4 Å². The molecular weight excluding hydrogens is 510 g/mol. The first-order valence-electron chi connectivity index (χ1n) is 13.2. The van der Waals surface area contributed by atoms with Crippen molar-refractivity contribution in [2.45, 2.75) is 85.5 Å². The van der Waals surface area contributed by atoms with Crippen LogP contribution in [0.4, 0.5) is 14.4 Å². The van der Waals surface area contributed by atoms with Crippen LogP contribution >= 0.6 is 0 Å². The molecule has 2 N–H and O–H groups in total. The molecule has 1 saturated heterocycles. The average Bonchev–Trinajstić information content (AvgIpc) is 2.71. The van der Waals surface area contributed by atoms with Crippen LogP contribution in [0.25, 0.3) is 0 Å². The van der Waals surface area contributed by atoms with Crippen molar-refractivity contribution < 1.29 is 38.2 Å². The van der Waals surface area contributed by atoms with E-state index in [9.17, 15) is 24.0 Å². The number of hydrogen-bond donors (Lipinski definition) is 2. The van der Waals surface area contributed by atoms with Gasteiger partial charge in [0.25, 0.3) is 0 Å². The molecule has 1 heterocycles. The third kappa shape index (κ3) is 15.1. The van der Waals surface area contributed by atoms with Crippen LogP contribution in [-0.4, -0.2) is 114 Å². The number of rotatable bonds is 0. The lowest BCUT2D eigenvalue weighted by atomic mass is 10.2. The number of hydrogen-bond acceptors (Lipinski definition) is 8. The van der Waals surface area contributed by atoms with Crippen molar-refractivity contribution in [1.82, 2.24) is 25.3 Å². The Balaban J connectivity index is 3.25. The summed E-state index contributed by atoms with van der Waals surface area (Å²) in [4.78, 5) is 67.5. The molecular formula is C26H47N5O8. The Morgan fingerprint density at radius 1 is 0.538 bits per heavy atom. The van der Waals surface area contributed by atoms with Gasteiger partial charge in [0.05, 0.1) is 0 Å². The van der Waals surface area contributed by atoms with E-state index >= 15 is 0 Å². The molecule has 1 rings (SSSR count). The van der Waals surface area contributed by atoms with Gasteiger partial charge < -0.3 is 39.5 Å². The normalized spacial score (nSPS) is 17.6. The number of carbonyl (C=O) groups excluding carboxylic acids is 5. The van der Waals surface area contributed by atoms with Crippen LogP contribution in [0.2, 0.25) is 0 Å². The molecule has 0 aromatic rings. The molecule has 0 aromatic heterocycles. The Kier molecular flexibility index (Phi) is 12.3. The molecule has 1 aliphatic heterocycles. The minimum Gasteiger partial charge on any atom is -0.444 e. The summed E-state index contributed by atoms with van der Waals surface area (Å²) in [5, 5.41) is 5.24. The van der Waals surface area contributed by atoms with E-state index in [1.807, 2.05) is 0 Å². The van der Waals surface area contributed by atoms with Crippen molar-refractivity contribution >= 4 is 30.1 Å². The van der Waals surface area contributed by atoms with Crippen LogP contribution in [-0.2, 0) is 23.8 Å². The molecule has 5 amide bonds. The fourth-order valence-corrected chi connectivity index (χ4v) is 3.28. The van der Waals surface area contributed by atoms with Crippen molar-refractivity contribution in [3.05, 3.63) is 0 Å². The first kappa shape index (κ1) is 33.8. The first-order chi connectivity index (χ1) is 17.8. The molecule has 1 aliphatic rings. The molecule has 0 aromatic carbocycles. The molecule has 0 atom stereocenters. The van der Waals surface area contributed by atoms with Crippen LogP contribution in [0.5, 0.6) is 0 Å². The van der Waals surface area contributed by atoms with Crippen LogP contribution in [0.3, 0.4) is 0 Å². The summed E-state index contributed by atoms with van der Waals surface area (Å²) in [6.45, 7) is 16.3. The second kappa shape index (κ2) is 14.2. The summed E-state index contributed by atoms with van der Waals surface area (Å²) in [6.07, 6.45) is -2.24. The summed E-state index contributed by atoms with van der Waals surface area (Å²) < 4.78 is 16.6. The molecule has 224 valence electrons. The Hall–Kier alpha value is -3.25. The van der Waals surface area contributed by atoms with E-state index in [2.05, 4.69) is 10.6 Å². The van der Waals surface area contributed by atoms with Gasteiger partial charge in [0.1, 0.15) is 23.2 Å². The van der Waals surface area contributed by atoms with Gasteiger partial charge in [-0.25, -0.2) is 14.4 Å². The van der Waals surface area contributed by atoms with Crippen LogP contribution in [0.15, 0.2) is 0 Å². The second-order valence-corrected chi connectivity index (χ2v) is 12.3. The van der Waals surface area contributed by atoms with Crippen molar-refractivity contribution in [2.24, 2.45) is 0 Å². The number of ether oxygens (including phenoxy) is 3. The number of nitrogens with one attached hydrogen (secondary N) is 2. The molecule has 13 heteroatoms. The quantitative estimate of drug-likeness (QED) is 0.341. The smallest absolute Gasteiger partial charge is 0.410 e. The lowest BCUT2D eigenvalue weighted by Gasteiger charge is -2.33. The van der Waals surface area contributed by atoms with E-state index in [4.69, 9.17) is 14.2 Å². The molecule has 0 saturated carbocycles. The number of amides is 5. The topological polar surface area (TPSA) is 147 Å². The fraction of sp³-hybridized carbons (Fsp3) is 0.808. The molecule has 0 unspecified atom stereocenters. The van der Waals surface area contributed by atoms with Crippen molar-refractivity contribution in [3.63, 3.8) is 0 Å². The first-order valence-corrected chi connectivity index (χ1v) is 13.2. The maximum absolute atomic E-state index is 13.1. The molecule has 1 fully saturated rings. The SMILES string of the molecule is CC(C)(C)OC(=O)N1CCNC(=O)CC(=O)NCCN(C(=O)OC(C)(C)C)CCN(C(=O)OC(C)(C)C)CC1. The van der Waals surface area contributed by atoms with E-state index in [0.29, 0.717) is 0 Å². The number of carbonyl (C=O) groups is 5. The Morgan fingerprint density at radius 3 is 1.05 bits per heavy atom. The zero-order valence-corrected chi connectivity index (χ0v) is 25.0. The van der Waals surface area contributed by atoms with Gasteiger partial charge in [0.15, 0.2) is 0 Å². The summed E-state index contributed by atoms with van der Waals surface area (Å²) in [6, 6.07) is 0. The second-order valence-electron chi connectivity index (χ2n) is 12.3. The minimum atomic E-state index is -0.767. The predicted octanol–water partition coefficient (Wildman–Crippen LogP) is 2.33. The highest BCUT2D eigenvalue weighted by Gasteiger charge is 2.28. The van der Waals surface area contributed by atoms with Gasteiger partial charge in [0.2, 0.25) is 11.8 Å². The molecule has 0 spiro atoms. The lowest BCUT2D eigenvalue weighted by molar-refractivity contribution is -0.129. The Labute approximate surface area is 231 Å². The van der Waals surface area contributed by atoms with Gasteiger partial charge >= 0.3 is 18.3 Å². The Bertz CT molecular complexity index is 817. The highest BCUT2D eigenvalue weighted by molar-refractivity contribution is 5.96. The molecule has 0 radical (unpaired) electrons. The monoisotopic (exact) mass is 557 g/mol. The van der Waals surface area contributed by atoms with Gasteiger partial charge in [-0.1, -0.05) is 0 Å². The van der Waals surface area contributed by atoms with Gasteiger partial charge in [0, 0.05) is 52.4 Å². The van der Waals surface area contributed by atoms with Gasteiger partial charge in [-0.15, -0.1) is 0 Å². The summed E-state index contributed by atoms with van der Waals surface area (Å²) in [5.41, 5.74) is -2.28. The summed E-state index contributed by atoms with van der Waals surface area (Å²) in [5.74, 6) is -1.02.